The summed E-state index contributed by atoms with van der Waals surface area (Å²) in [4.78, 5) is 3.50. The molecule has 2 nitrogen and oxygen atoms in total. The Hall–Kier alpha value is -3.52. The van der Waals surface area contributed by atoms with E-state index in [1.165, 1.54) is 16.3 Å². The van der Waals surface area contributed by atoms with E-state index >= 15 is 0 Å². The third-order valence-corrected chi connectivity index (χ3v) is 5.21. The van der Waals surface area contributed by atoms with Gasteiger partial charge in [0.25, 0.3) is 0 Å². The summed E-state index contributed by atoms with van der Waals surface area (Å²) < 4.78 is 6.32. The van der Waals surface area contributed by atoms with Gasteiger partial charge in [0.1, 0.15) is 11.2 Å². The summed E-state index contributed by atoms with van der Waals surface area (Å²) in [5, 5.41) is 4.81. The van der Waals surface area contributed by atoms with Crippen molar-refractivity contribution < 1.29 is 4.42 Å². The Labute approximate surface area is 149 Å². The Morgan fingerprint density at radius 1 is 0.577 bits per heavy atom. The van der Waals surface area contributed by atoms with Crippen LogP contribution in [0.25, 0.3) is 54.9 Å². The van der Waals surface area contributed by atoms with Gasteiger partial charge in [0.05, 0.1) is 5.52 Å². The zero-order valence-corrected chi connectivity index (χ0v) is 14.0. The van der Waals surface area contributed by atoms with Gasteiger partial charge in [0.2, 0.25) is 0 Å². The number of H-pyrrole nitrogens is 1. The molecular weight excluding hydrogens is 318 g/mol. The van der Waals surface area contributed by atoms with Gasteiger partial charge >= 0.3 is 0 Å². The molecule has 6 rings (SSSR count). The van der Waals surface area contributed by atoms with E-state index in [2.05, 4.69) is 83.8 Å². The van der Waals surface area contributed by atoms with Crippen LogP contribution in [0.4, 0.5) is 0 Å². The number of furan rings is 1. The summed E-state index contributed by atoms with van der Waals surface area (Å²) in [6.45, 7) is 0. The van der Waals surface area contributed by atoms with Gasteiger partial charge in [-0.15, -0.1) is 0 Å². The molecule has 26 heavy (non-hydrogen) atoms. The van der Waals surface area contributed by atoms with E-state index in [4.69, 9.17) is 4.42 Å². The van der Waals surface area contributed by atoms with Crippen LogP contribution in [-0.4, -0.2) is 4.98 Å². The number of aromatic nitrogens is 1. The first-order valence-corrected chi connectivity index (χ1v) is 8.79. The van der Waals surface area contributed by atoms with E-state index in [1.807, 2.05) is 6.07 Å². The molecule has 0 aliphatic heterocycles. The lowest BCUT2D eigenvalue weighted by Crippen LogP contribution is -1.77. The highest BCUT2D eigenvalue weighted by atomic mass is 16.3. The third-order valence-electron chi connectivity index (χ3n) is 5.21. The number of aromatic amines is 1. The minimum absolute atomic E-state index is 0.919. The Kier molecular flexibility index (Phi) is 2.64. The van der Waals surface area contributed by atoms with Gasteiger partial charge in [0, 0.05) is 38.7 Å². The van der Waals surface area contributed by atoms with Crippen LogP contribution in [0.2, 0.25) is 0 Å². The normalized spacial score (nSPS) is 11.8. The zero-order valence-electron chi connectivity index (χ0n) is 14.0. The summed E-state index contributed by atoms with van der Waals surface area (Å²) >= 11 is 0. The van der Waals surface area contributed by atoms with E-state index in [-0.39, 0.29) is 0 Å². The molecule has 2 heterocycles. The second kappa shape index (κ2) is 4.99. The molecule has 0 unspecified atom stereocenters. The predicted molar refractivity (Wildman–Crippen MR) is 109 cm³/mol. The number of nitrogens with one attached hydrogen (secondary N) is 1. The quantitative estimate of drug-likeness (QED) is 0.349. The minimum atomic E-state index is 0.919. The van der Waals surface area contributed by atoms with Crippen LogP contribution in [0.15, 0.2) is 89.3 Å². The van der Waals surface area contributed by atoms with Crippen LogP contribution in [0.5, 0.6) is 0 Å². The fraction of sp³-hybridized carbons (Fsp3) is 0. The lowest BCUT2D eigenvalue weighted by atomic mass is 10.0. The van der Waals surface area contributed by atoms with Crippen molar-refractivity contribution in [3.8, 4) is 11.1 Å². The molecule has 2 heteroatoms. The average Bonchev–Trinajstić information content (AvgIpc) is 3.24. The van der Waals surface area contributed by atoms with Gasteiger partial charge in [-0.05, 0) is 17.7 Å². The topological polar surface area (TPSA) is 28.9 Å². The number of rotatable bonds is 1. The maximum Gasteiger partial charge on any atom is 0.143 e. The van der Waals surface area contributed by atoms with Crippen molar-refractivity contribution in [1.29, 1.82) is 0 Å². The molecule has 122 valence electrons. The lowest BCUT2D eigenvalue weighted by molar-refractivity contribution is 0.670. The summed E-state index contributed by atoms with van der Waals surface area (Å²) in [6, 6.07) is 29.6. The summed E-state index contributed by atoms with van der Waals surface area (Å²) in [5.74, 6) is 0. The van der Waals surface area contributed by atoms with Gasteiger partial charge in [-0.25, -0.2) is 0 Å². The molecule has 0 bridgehead atoms. The molecule has 0 spiro atoms. The molecule has 4 aromatic carbocycles. The Balaban J connectivity index is 1.74. The maximum absolute atomic E-state index is 6.32. The van der Waals surface area contributed by atoms with Crippen LogP contribution in [0.1, 0.15) is 0 Å². The molecule has 0 saturated heterocycles. The molecule has 0 saturated carbocycles. The standard InChI is InChI=1S/C24H15NO/c1-2-7-15(8-3-1)16-10-6-11-18-20-13-19-17-9-4-5-12-21(17)25-22(19)14-23(20)26-24(16)18/h1-14,25H. The summed E-state index contributed by atoms with van der Waals surface area (Å²) in [7, 11) is 0. The first-order chi connectivity index (χ1) is 12.9. The van der Waals surface area contributed by atoms with E-state index < -0.39 is 0 Å². The van der Waals surface area contributed by atoms with Crippen molar-refractivity contribution >= 4 is 43.7 Å². The highest BCUT2D eigenvalue weighted by Gasteiger charge is 2.14. The van der Waals surface area contributed by atoms with Gasteiger partial charge in [-0.1, -0.05) is 66.7 Å². The molecule has 2 aromatic heterocycles. The number of para-hydroxylation sites is 2. The van der Waals surface area contributed by atoms with Gasteiger partial charge in [0.15, 0.2) is 0 Å². The second-order valence-electron chi connectivity index (χ2n) is 6.71. The van der Waals surface area contributed by atoms with Crippen LogP contribution in [0, 0.1) is 0 Å². The molecule has 0 atom stereocenters. The molecule has 0 aliphatic carbocycles. The van der Waals surface area contributed by atoms with Crippen molar-refractivity contribution in [3.05, 3.63) is 84.9 Å². The van der Waals surface area contributed by atoms with E-state index in [0.29, 0.717) is 0 Å². The first kappa shape index (κ1) is 13.7. The monoisotopic (exact) mass is 333 g/mol. The third kappa shape index (κ3) is 1.81. The Morgan fingerprint density at radius 2 is 1.38 bits per heavy atom. The number of benzene rings is 4. The molecule has 1 N–H and O–H groups in total. The minimum Gasteiger partial charge on any atom is -0.455 e. The van der Waals surface area contributed by atoms with E-state index in [0.717, 1.165) is 38.5 Å². The van der Waals surface area contributed by atoms with Crippen LogP contribution in [0.3, 0.4) is 0 Å². The smallest absolute Gasteiger partial charge is 0.143 e. The van der Waals surface area contributed by atoms with Gasteiger partial charge < -0.3 is 9.40 Å². The van der Waals surface area contributed by atoms with Crippen molar-refractivity contribution in [2.24, 2.45) is 0 Å². The van der Waals surface area contributed by atoms with Crippen molar-refractivity contribution in [3.63, 3.8) is 0 Å². The fourth-order valence-corrected chi connectivity index (χ4v) is 3.99. The molecule has 0 amide bonds. The van der Waals surface area contributed by atoms with Crippen molar-refractivity contribution in [2.75, 3.05) is 0 Å². The molecule has 0 radical (unpaired) electrons. The Bertz CT molecular complexity index is 1420. The lowest BCUT2D eigenvalue weighted by Gasteiger charge is -2.01. The zero-order chi connectivity index (χ0) is 17.1. The highest BCUT2D eigenvalue weighted by molar-refractivity contribution is 6.17. The van der Waals surface area contributed by atoms with E-state index in [1.54, 1.807) is 0 Å². The van der Waals surface area contributed by atoms with Crippen LogP contribution >= 0.6 is 0 Å². The number of hydrogen-bond acceptors (Lipinski definition) is 1. The number of hydrogen-bond donors (Lipinski definition) is 1. The number of fused-ring (bicyclic) bond motifs is 6. The van der Waals surface area contributed by atoms with Crippen LogP contribution in [-0.2, 0) is 0 Å². The van der Waals surface area contributed by atoms with Gasteiger partial charge in [-0.2, -0.15) is 0 Å². The summed E-state index contributed by atoms with van der Waals surface area (Å²) in [5.41, 5.74) is 6.44. The predicted octanol–water partition coefficient (Wildman–Crippen LogP) is 6.89. The largest absolute Gasteiger partial charge is 0.455 e. The van der Waals surface area contributed by atoms with Gasteiger partial charge in [-0.3, -0.25) is 0 Å². The first-order valence-electron chi connectivity index (χ1n) is 8.79. The van der Waals surface area contributed by atoms with Crippen LogP contribution < -0.4 is 0 Å². The second-order valence-corrected chi connectivity index (χ2v) is 6.71. The summed E-state index contributed by atoms with van der Waals surface area (Å²) in [6.07, 6.45) is 0. The average molecular weight is 333 g/mol. The Morgan fingerprint density at radius 3 is 2.31 bits per heavy atom. The molecular formula is C24H15NO. The van der Waals surface area contributed by atoms with E-state index in [9.17, 15) is 0 Å². The van der Waals surface area contributed by atoms with Crippen molar-refractivity contribution in [2.45, 2.75) is 0 Å². The SMILES string of the molecule is c1ccc(-c2cccc3c2oc2cc4[nH]c5ccccc5c4cc23)cc1. The molecule has 6 aromatic rings. The molecule has 0 aliphatic rings. The maximum atomic E-state index is 6.32. The fourth-order valence-electron chi connectivity index (χ4n) is 3.99. The molecule has 0 fully saturated rings. The van der Waals surface area contributed by atoms with Crippen molar-refractivity contribution in [1.82, 2.24) is 4.98 Å². The highest BCUT2D eigenvalue weighted by Crippen LogP contribution is 2.38.